The first-order valence-corrected chi connectivity index (χ1v) is 7.64. The summed E-state index contributed by atoms with van der Waals surface area (Å²) in [4.78, 5) is 20.9. The second-order valence-corrected chi connectivity index (χ2v) is 6.17. The van der Waals surface area contributed by atoms with E-state index in [1.54, 1.807) is 6.20 Å². The molecule has 1 heterocycles. The van der Waals surface area contributed by atoms with Gasteiger partial charge < -0.3 is 10.7 Å². The van der Waals surface area contributed by atoms with Crippen molar-refractivity contribution in [3.63, 3.8) is 0 Å². The maximum Gasteiger partial charge on any atom is 0.272 e. The summed E-state index contributed by atoms with van der Waals surface area (Å²) in [6.45, 7) is 6.93. The number of hydrogen-bond acceptors (Lipinski definition) is 5. The van der Waals surface area contributed by atoms with Crippen molar-refractivity contribution in [3.05, 3.63) is 17.7 Å². The average Bonchev–Trinajstić information content (AvgIpc) is 2.89. The van der Waals surface area contributed by atoms with E-state index in [9.17, 15) is 4.79 Å². The highest BCUT2D eigenvalue weighted by atomic mass is 16.1. The minimum Gasteiger partial charge on any atom is -0.350 e. The first-order valence-electron chi connectivity index (χ1n) is 7.64. The highest BCUT2D eigenvalue weighted by Gasteiger charge is 2.24. The molecule has 0 aliphatic heterocycles. The van der Waals surface area contributed by atoms with Gasteiger partial charge in [-0.2, -0.15) is 0 Å². The molecule has 1 aromatic heterocycles. The van der Waals surface area contributed by atoms with E-state index < -0.39 is 0 Å². The van der Waals surface area contributed by atoms with Crippen LogP contribution in [-0.4, -0.2) is 22.4 Å². The molecule has 1 aromatic rings. The second-order valence-electron chi connectivity index (χ2n) is 6.17. The molecule has 2 rings (SSSR count). The fourth-order valence-electron chi connectivity index (χ4n) is 2.79. The maximum absolute atomic E-state index is 12.4. The van der Waals surface area contributed by atoms with Crippen LogP contribution in [0.2, 0.25) is 0 Å². The van der Waals surface area contributed by atoms with E-state index in [0.29, 0.717) is 35.6 Å². The number of amides is 1. The van der Waals surface area contributed by atoms with Crippen LogP contribution in [0.5, 0.6) is 0 Å². The molecule has 0 saturated heterocycles. The highest BCUT2D eigenvalue weighted by Crippen LogP contribution is 2.30. The van der Waals surface area contributed by atoms with E-state index in [4.69, 9.17) is 5.84 Å². The van der Waals surface area contributed by atoms with Crippen molar-refractivity contribution in [2.75, 3.05) is 12.0 Å². The number of carbonyl (C=O) groups excluding carboxylic acids is 1. The van der Waals surface area contributed by atoms with Gasteiger partial charge in [0.1, 0.15) is 5.82 Å². The molecule has 1 aliphatic carbocycles. The lowest BCUT2D eigenvalue weighted by Crippen LogP contribution is -2.32. The first-order chi connectivity index (χ1) is 10.0. The van der Waals surface area contributed by atoms with Crippen LogP contribution in [0.25, 0.3) is 0 Å². The van der Waals surface area contributed by atoms with E-state index >= 15 is 0 Å². The first kappa shape index (κ1) is 15.7. The predicted octanol–water partition coefficient (Wildman–Crippen LogP) is 2.05. The third kappa shape index (κ3) is 3.69. The van der Waals surface area contributed by atoms with Crippen LogP contribution in [-0.2, 0) is 0 Å². The summed E-state index contributed by atoms with van der Waals surface area (Å²) in [5, 5.41) is 2.99. The third-order valence-corrected chi connectivity index (χ3v) is 4.26. The van der Waals surface area contributed by atoms with Gasteiger partial charge in [0.2, 0.25) is 0 Å². The number of rotatable bonds is 5. The Kier molecular flexibility index (Phi) is 5.12. The molecule has 21 heavy (non-hydrogen) atoms. The van der Waals surface area contributed by atoms with Crippen LogP contribution in [0.4, 0.5) is 5.69 Å². The van der Waals surface area contributed by atoms with Crippen molar-refractivity contribution < 1.29 is 4.79 Å². The molecule has 1 amide bonds. The Hall–Kier alpha value is -1.69. The van der Waals surface area contributed by atoms with Crippen LogP contribution in [0.15, 0.2) is 6.20 Å². The minimum atomic E-state index is -0.189. The molecular weight excluding hydrogens is 266 g/mol. The number of hydrazine groups is 1. The van der Waals surface area contributed by atoms with E-state index in [1.807, 2.05) is 13.8 Å². The Morgan fingerprint density at radius 3 is 2.81 bits per heavy atom. The van der Waals surface area contributed by atoms with Gasteiger partial charge in [-0.3, -0.25) is 10.6 Å². The quantitative estimate of drug-likeness (QED) is 0.570. The Balaban J connectivity index is 2.08. The van der Waals surface area contributed by atoms with E-state index in [0.717, 1.165) is 0 Å². The van der Waals surface area contributed by atoms with Gasteiger partial charge in [0.05, 0.1) is 11.9 Å². The number of nitrogen functional groups attached to an aromatic ring is 1. The van der Waals surface area contributed by atoms with E-state index in [-0.39, 0.29) is 11.8 Å². The molecule has 6 heteroatoms. The van der Waals surface area contributed by atoms with Crippen molar-refractivity contribution >= 4 is 11.6 Å². The Bertz CT molecular complexity index is 503. The molecule has 6 nitrogen and oxygen atoms in total. The van der Waals surface area contributed by atoms with Gasteiger partial charge >= 0.3 is 0 Å². The summed E-state index contributed by atoms with van der Waals surface area (Å²) < 4.78 is 0. The predicted molar refractivity (Wildman–Crippen MR) is 82.8 cm³/mol. The molecular formula is C15H25N5O. The fourth-order valence-corrected chi connectivity index (χ4v) is 2.79. The van der Waals surface area contributed by atoms with Gasteiger partial charge in [-0.25, -0.2) is 9.97 Å². The zero-order chi connectivity index (χ0) is 15.4. The average molecular weight is 291 g/mol. The van der Waals surface area contributed by atoms with Gasteiger partial charge in [-0.1, -0.05) is 33.6 Å². The summed E-state index contributed by atoms with van der Waals surface area (Å²) in [5.41, 5.74) is 3.27. The summed E-state index contributed by atoms with van der Waals surface area (Å²) in [5.74, 6) is 7.31. The molecule has 4 N–H and O–H groups in total. The van der Waals surface area contributed by atoms with Crippen molar-refractivity contribution in [1.82, 2.24) is 15.3 Å². The summed E-state index contributed by atoms with van der Waals surface area (Å²) in [7, 11) is 0. The van der Waals surface area contributed by atoms with Crippen molar-refractivity contribution in [1.29, 1.82) is 0 Å². The van der Waals surface area contributed by atoms with Gasteiger partial charge in [-0.05, 0) is 18.3 Å². The van der Waals surface area contributed by atoms with Crippen molar-refractivity contribution in [3.8, 4) is 0 Å². The zero-order valence-electron chi connectivity index (χ0n) is 13.0. The number of hydrogen-bond donors (Lipinski definition) is 3. The molecule has 1 aliphatic rings. The minimum absolute atomic E-state index is 0.165. The normalized spacial score (nSPS) is 21.6. The SMILES string of the molecule is CC(C)c1ncc(NN)c(C(=O)NCC2CCCC2C)n1. The largest absolute Gasteiger partial charge is 0.350 e. The topological polar surface area (TPSA) is 92.9 Å². The lowest BCUT2D eigenvalue weighted by atomic mass is 9.98. The van der Waals surface area contributed by atoms with Crippen LogP contribution in [0.3, 0.4) is 0 Å². The molecule has 1 saturated carbocycles. The van der Waals surface area contributed by atoms with E-state index in [2.05, 4.69) is 27.6 Å². The fraction of sp³-hybridized carbons (Fsp3) is 0.667. The Labute approximate surface area is 125 Å². The Morgan fingerprint density at radius 1 is 1.48 bits per heavy atom. The van der Waals surface area contributed by atoms with Gasteiger partial charge in [-0.15, -0.1) is 0 Å². The number of nitrogens with two attached hydrogens (primary N) is 1. The van der Waals surface area contributed by atoms with Crippen LogP contribution < -0.4 is 16.6 Å². The molecule has 116 valence electrons. The van der Waals surface area contributed by atoms with Gasteiger partial charge in [0, 0.05) is 12.5 Å². The summed E-state index contributed by atoms with van der Waals surface area (Å²) in [6, 6.07) is 0. The molecule has 2 atom stereocenters. The van der Waals surface area contributed by atoms with Crippen LogP contribution in [0, 0.1) is 11.8 Å². The molecule has 0 bridgehead atoms. The number of anilines is 1. The maximum atomic E-state index is 12.4. The van der Waals surface area contributed by atoms with Crippen molar-refractivity contribution in [2.24, 2.45) is 17.7 Å². The number of nitrogens with zero attached hydrogens (tertiary/aromatic N) is 2. The van der Waals surface area contributed by atoms with Crippen LogP contribution in [0.1, 0.15) is 62.3 Å². The molecule has 0 spiro atoms. The number of aromatic nitrogens is 2. The third-order valence-electron chi connectivity index (χ3n) is 4.26. The summed E-state index contributed by atoms with van der Waals surface area (Å²) >= 11 is 0. The Morgan fingerprint density at radius 2 is 2.24 bits per heavy atom. The van der Waals surface area contributed by atoms with Crippen LogP contribution >= 0.6 is 0 Å². The second kappa shape index (κ2) is 6.85. The molecule has 1 fully saturated rings. The zero-order valence-corrected chi connectivity index (χ0v) is 13.0. The van der Waals surface area contributed by atoms with Crippen molar-refractivity contribution in [2.45, 2.75) is 46.0 Å². The lowest BCUT2D eigenvalue weighted by molar-refractivity contribution is 0.0940. The molecule has 0 radical (unpaired) electrons. The van der Waals surface area contributed by atoms with Gasteiger partial charge in [0.25, 0.3) is 5.91 Å². The number of nitrogens with one attached hydrogen (secondary N) is 2. The monoisotopic (exact) mass is 291 g/mol. The molecule has 2 unspecified atom stereocenters. The van der Waals surface area contributed by atoms with E-state index in [1.165, 1.54) is 19.3 Å². The molecule has 0 aromatic carbocycles. The standard InChI is InChI=1S/C15H25N5O/c1-9(2)14-17-8-12(20-16)13(19-14)15(21)18-7-11-6-4-5-10(11)3/h8-11,20H,4-7,16H2,1-3H3,(H,18,21). The highest BCUT2D eigenvalue weighted by molar-refractivity contribution is 5.97. The lowest BCUT2D eigenvalue weighted by Gasteiger charge is -2.17. The smallest absolute Gasteiger partial charge is 0.272 e. The van der Waals surface area contributed by atoms with Gasteiger partial charge in [0.15, 0.2) is 5.69 Å². The summed E-state index contributed by atoms with van der Waals surface area (Å²) in [6.07, 6.45) is 5.25. The number of carbonyl (C=O) groups is 1.